The van der Waals surface area contributed by atoms with Crippen LogP contribution >= 0.6 is 0 Å². The van der Waals surface area contributed by atoms with Crippen molar-refractivity contribution in [1.29, 1.82) is 0 Å². The van der Waals surface area contributed by atoms with Gasteiger partial charge in [0.1, 0.15) is 5.82 Å². The van der Waals surface area contributed by atoms with Crippen molar-refractivity contribution in [1.82, 2.24) is 19.4 Å². The highest BCUT2D eigenvalue weighted by molar-refractivity contribution is 5.84. The molecule has 0 radical (unpaired) electrons. The van der Waals surface area contributed by atoms with Crippen LogP contribution < -0.4 is 5.32 Å². The molecule has 1 aromatic carbocycles. The van der Waals surface area contributed by atoms with Gasteiger partial charge in [-0.3, -0.25) is 0 Å². The third-order valence-electron chi connectivity index (χ3n) is 3.67. The fourth-order valence-electron chi connectivity index (χ4n) is 2.56. The second kappa shape index (κ2) is 5.51. The van der Waals surface area contributed by atoms with Crippen LogP contribution in [-0.2, 0) is 20.1 Å². The van der Waals surface area contributed by atoms with Gasteiger partial charge in [-0.15, -0.1) is 0 Å². The predicted molar refractivity (Wildman–Crippen MR) is 81.6 cm³/mol. The van der Waals surface area contributed by atoms with E-state index in [1.807, 2.05) is 19.4 Å². The van der Waals surface area contributed by atoms with E-state index in [1.54, 1.807) is 0 Å². The maximum Gasteiger partial charge on any atom is 0.128 e. The van der Waals surface area contributed by atoms with E-state index in [9.17, 15) is 0 Å². The Balaban J connectivity index is 2.00. The lowest BCUT2D eigenvalue weighted by Gasteiger charge is -2.05. The van der Waals surface area contributed by atoms with E-state index in [-0.39, 0.29) is 0 Å². The van der Waals surface area contributed by atoms with Crippen molar-refractivity contribution in [2.24, 2.45) is 7.05 Å². The minimum Gasteiger partial charge on any atom is -0.340 e. The minimum atomic E-state index is 0.802. The molecule has 0 aliphatic carbocycles. The van der Waals surface area contributed by atoms with Crippen molar-refractivity contribution in [2.45, 2.75) is 20.0 Å². The number of fused-ring (bicyclic) bond motifs is 1. The second-order valence-electron chi connectivity index (χ2n) is 5.03. The number of hydrogen-bond acceptors (Lipinski definition) is 2. The highest BCUT2D eigenvalue weighted by Gasteiger charge is 2.09. The van der Waals surface area contributed by atoms with Gasteiger partial charge in [0.15, 0.2) is 0 Å². The molecule has 3 aromatic rings. The fourth-order valence-corrected chi connectivity index (χ4v) is 2.56. The lowest BCUT2D eigenvalue weighted by molar-refractivity contribution is 0.703. The summed E-state index contributed by atoms with van der Waals surface area (Å²) < 4.78 is 4.35. The molecular weight excluding hydrogens is 248 g/mol. The summed E-state index contributed by atoms with van der Waals surface area (Å²) in [5, 5.41) is 4.73. The summed E-state index contributed by atoms with van der Waals surface area (Å²) in [7, 11) is 2.04. The van der Waals surface area contributed by atoms with Crippen LogP contribution in [0.4, 0.5) is 0 Å². The molecule has 0 spiro atoms. The van der Waals surface area contributed by atoms with E-state index >= 15 is 0 Å². The van der Waals surface area contributed by atoms with Gasteiger partial charge in [0.25, 0.3) is 0 Å². The first kappa shape index (κ1) is 12.9. The molecule has 0 saturated heterocycles. The summed E-state index contributed by atoms with van der Waals surface area (Å²) in [6, 6.07) is 8.56. The first-order valence-electron chi connectivity index (χ1n) is 7.03. The SMILES string of the molecule is CCNCc1cn(Cc2nccn2C)c2ccccc12. The van der Waals surface area contributed by atoms with Gasteiger partial charge in [0, 0.05) is 43.1 Å². The Hall–Kier alpha value is -2.07. The average Bonchev–Trinajstić information content (AvgIpc) is 3.02. The van der Waals surface area contributed by atoms with Crippen LogP contribution in [0.15, 0.2) is 42.9 Å². The zero-order valence-corrected chi connectivity index (χ0v) is 12.0. The molecule has 2 heterocycles. The van der Waals surface area contributed by atoms with Crippen LogP contribution in [0.25, 0.3) is 10.9 Å². The molecule has 0 saturated carbocycles. The molecule has 0 bridgehead atoms. The number of benzene rings is 1. The van der Waals surface area contributed by atoms with Crippen molar-refractivity contribution in [3.05, 3.63) is 54.2 Å². The van der Waals surface area contributed by atoms with Crippen molar-refractivity contribution >= 4 is 10.9 Å². The van der Waals surface area contributed by atoms with Gasteiger partial charge in [0.2, 0.25) is 0 Å². The highest BCUT2D eigenvalue weighted by atomic mass is 15.1. The van der Waals surface area contributed by atoms with Gasteiger partial charge >= 0.3 is 0 Å². The lowest BCUT2D eigenvalue weighted by atomic mass is 10.2. The van der Waals surface area contributed by atoms with E-state index in [4.69, 9.17) is 0 Å². The monoisotopic (exact) mass is 268 g/mol. The molecule has 2 aromatic heterocycles. The Morgan fingerprint density at radius 1 is 1.25 bits per heavy atom. The Morgan fingerprint density at radius 2 is 2.10 bits per heavy atom. The molecular formula is C16H20N4. The maximum absolute atomic E-state index is 4.42. The Morgan fingerprint density at radius 3 is 2.85 bits per heavy atom. The molecule has 104 valence electrons. The number of imidazole rings is 1. The van der Waals surface area contributed by atoms with Gasteiger partial charge in [-0.1, -0.05) is 25.1 Å². The summed E-state index contributed by atoms with van der Waals surface area (Å²) in [4.78, 5) is 4.42. The molecule has 4 nitrogen and oxygen atoms in total. The standard InChI is InChI=1S/C16H20N4/c1-3-17-10-13-11-20(12-16-18-8-9-19(16)2)15-7-5-4-6-14(13)15/h4-9,11,17H,3,10,12H2,1-2H3. The number of aromatic nitrogens is 3. The van der Waals surface area contributed by atoms with Crippen LogP contribution in [0, 0.1) is 0 Å². The minimum absolute atomic E-state index is 0.802. The smallest absolute Gasteiger partial charge is 0.128 e. The average molecular weight is 268 g/mol. The first-order chi connectivity index (χ1) is 9.79. The van der Waals surface area contributed by atoms with E-state index in [2.05, 4.69) is 56.8 Å². The number of aryl methyl sites for hydroxylation is 1. The summed E-state index contributed by atoms with van der Waals surface area (Å²) in [6.07, 6.45) is 6.07. The Labute approximate surface area is 119 Å². The van der Waals surface area contributed by atoms with Crippen molar-refractivity contribution in [3.63, 3.8) is 0 Å². The van der Waals surface area contributed by atoms with Crippen LogP contribution in [0.2, 0.25) is 0 Å². The summed E-state index contributed by atoms with van der Waals surface area (Å²) in [5.74, 6) is 1.07. The lowest BCUT2D eigenvalue weighted by Crippen LogP contribution is -2.11. The summed E-state index contributed by atoms with van der Waals surface area (Å²) >= 11 is 0. The number of hydrogen-bond donors (Lipinski definition) is 1. The quantitative estimate of drug-likeness (QED) is 0.771. The molecule has 1 N–H and O–H groups in total. The van der Waals surface area contributed by atoms with Crippen LogP contribution in [0.5, 0.6) is 0 Å². The van der Waals surface area contributed by atoms with E-state index in [0.29, 0.717) is 0 Å². The highest BCUT2D eigenvalue weighted by Crippen LogP contribution is 2.22. The van der Waals surface area contributed by atoms with Crippen LogP contribution in [0.1, 0.15) is 18.3 Å². The predicted octanol–water partition coefficient (Wildman–Crippen LogP) is 2.53. The van der Waals surface area contributed by atoms with Gasteiger partial charge in [-0.05, 0) is 18.2 Å². The third kappa shape index (κ3) is 2.34. The second-order valence-corrected chi connectivity index (χ2v) is 5.03. The molecule has 0 amide bonds. The van der Waals surface area contributed by atoms with Crippen molar-refractivity contribution in [3.8, 4) is 0 Å². The summed E-state index contributed by atoms with van der Waals surface area (Å²) in [6.45, 7) is 4.83. The van der Waals surface area contributed by atoms with E-state index < -0.39 is 0 Å². The first-order valence-corrected chi connectivity index (χ1v) is 7.03. The molecule has 3 rings (SSSR count). The molecule has 4 heteroatoms. The third-order valence-corrected chi connectivity index (χ3v) is 3.67. The molecule has 20 heavy (non-hydrogen) atoms. The van der Waals surface area contributed by atoms with Crippen molar-refractivity contribution in [2.75, 3.05) is 6.54 Å². The number of para-hydroxylation sites is 1. The van der Waals surface area contributed by atoms with Gasteiger partial charge < -0.3 is 14.5 Å². The molecule has 0 aliphatic heterocycles. The molecule has 0 unspecified atom stereocenters. The van der Waals surface area contributed by atoms with Gasteiger partial charge in [-0.2, -0.15) is 0 Å². The fraction of sp³-hybridized carbons (Fsp3) is 0.312. The van der Waals surface area contributed by atoms with Crippen molar-refractivity contribution < 1.29 is 0 Å². The summed E-state index contributed by atoms with van der Waals surface area (Å²) in [5.41, 5.74) is 2.61. The van der Waals surface area contributed by atoms with E-state index in [0.717, 1.165) is 25.5 Å². The van der Waals surface area contributed by atoms with Crippen LogP contribution in [0.3, 0.4) is 0 Å². The molecule has 0 atom stereocenters. The zero-order chi connectivity index (χ0) is 13.9. The van der Waals surface area contributed by atoms with E-state index in [1.165, 1.54) is 16.5 Å². The van der Waals surface area contributed by atoms with Gasteiger partial charge in [-0.25, -0.2) is 4.98 Å². The normalized spacial score (nSPS) is 11.3. The number of rotatable bonds is 5. The number of nitrogens with one attached hydrogen (secondary N) is 1. The number of nitrogens with zero attached hydrogens (tertiary/aromatic N) is 3. The largest absolute Gasteiger partial charge is 0.340 e. The molecule has 0 fully saturated rings. The zero-order valence-electron chi connectivity index (χ0n) is 12.0. The Bertz CT molecular complexity index is 708. The molecule has 0 aliphatic rings. The topological polar surface area (TPSA) is 34.8 Å². The van der Waals surface area contributed by atoms with Crippen LogP contribution in [-0.4, -0.2) is 20.7 Å². The Kier molecular flexibility index (Phi) is 3.56. The maximum atomic E-state index is 4.42. The van der Waals surface area contributed by atoms with Gasteiger partial charge in [0.05, 0.1) is 6.54 Å².